The fourth-order valence-electron chi connectivity index (χ4n) is 1.51. The van der Waals surface area contributed by atoms with Gasteiger partial charge >= 0.3 is 0 Å². The minimum Gasteiger partial charge on any atom is -0.298 e. The summed E-state index contributed by atoms with van der Waals surface area (Å²) in [5, 5.41) is 0. The number of carbonyl (C=O) groups excluding carboxylic acids is 1. The first-order chi connectivity index (χ1) is 6.28. The molecule has 0 bridgehead atoms. The van der Waals surface area contributed by atoms with Crippen molar-refractivity contribution in [2.45, 2.75) is 52.9 Å². The first kappa shape index (κ1) is 12.4. The van der Waals surface area contributed by atoms with Crippen LogP contribution in [0.3, 0.4) is 0 Å². The number of aldehydes is 1. The molecule has 0 aromatic rings. The standard InChI is InChI=1S/C12H22O/c1-4-7-8-11(5-2)9-12(6-3)10-13/h6,10-11H,4-5,7-9H2,1-3H3/b12-6+. The second-order valence-electron chi connectivity index (χ2n) is 3.60. The van der Waals surface area contributed by atoms with E-state index < -0.39 is 0 Å². The summed E-state index contributed by atoms with van der Waals surface area (Å²) in [6, 6.07) is 0. The zero-order valence-electron chi connectivity index (χ0n) is 9.18. The van der Waals surface area contributed by atoms with Crippen molar-refractivity contribution in [3.63, 3.8) is 0 Å². The van der Waals surface area contributed by atoms with Crippen LogP contribution in [0.2, 0.25) is 0 Å². The van der Waals surface area contributed by atoms with Crippen LogP contribution in [0.25, 0.3) is 0 Å². The molecule has 0 heterocycles. The first-order valence-corrected chi connectivity index (χ1v) is 5.38. The van der Waals surface area contributed by atoms with Gasteiger partial charge in [0.15, 0.2) is 0 Å². The predicted molar refractivity (Wildman–Crippen MR) is 57.7 cm³/mol. The van der Waals surface area contributed by atoms with E-state index in [-0.39, 0.29) is 0 Å². The van der Waals surface area contributed by atoms with Crippen molar-refractivity contribution in [2.24, 2.45) is 5.92 Å². The Hall–Kier alpha value is -0.590. The highest BCUT2D eigenvalue weighted by Gasteiger charge is 2.07. The molecule has 0 aromatic heterocycles. The van der Waals surface area contributed by atoms with Gasteiger partial charge in [0, 0.05) is 0 Å². The molecule has 0 saturated carbocycles. The second kappa shape index (κ2) is 8.03. The summed E-state index contributed by atoms with van der Waals surface area (Å²) in [6.45, 7) is 6.36. The van der Waals surface area contributed by atoms with Gasteiger partial charge in [0.2, 0.25) is 0 Å². The molecule has 1 atom stereocenters. The summed E-state index contributed by atoms with van der Waals surface area (Å²) in [5.41, 5.74) is 0.961. The van der Waals surface area contributed by atoms with Crippen LogP contribution in [0.1, 0.15) is 52.9 Å². The molecular weight excluding hydrogens is 160 g/mol. The molecule has 1 nitrogen and oxygen atoms in total. The highest BCUT2D eigenvalue weighted by atomic mass is 16.1. The number of hydrogen-bond donors (Lipinski definition) is 0. The van der Waals surface area contributed by atoms with E-state index in [0.717, 1.165) is 18.3 Å². The van der Waals surface area contributed by atoms with Crippen molar-refractivity contribution in [1.82, 2.24) is 0 Å². The average Bonchev–Trinajstić information content (AvgIpc) is 2.19. The molecule has 0 saturated heterocycles. The number of hydrogen-bond acceptors (Lipinski definition) is 1. The number of rotatable bonds is 7. The average molecular weight is 182 g/mol. The maximum absolute atomic E-state index is 10.6. The van der Waals surface area contributed by atoms with Gasteiger partial charge in [0.05, 0.1) is 0 Å². The molecule has 1 heteroatoms. The van der Waals surface area contributed by atoms with Crippen LogP contribution in [0, 0.1) is 5.92 Å². The number of carbonyl (C=O) groups is 1. The molecular formula is C12H22O. The monoisotopic (exact) mass is 182 g/mol. The maximum atomic E-state index is 10.6. The number of unbranched alkanes of at least 4 members (excludes halogenated alkanes) is 1. The summed E-state index contributed by atoms with van der Waals surface area (Å²) in [7, 11) is 0. The van der Waals surface area contributed by atoms with Gasteiger partial charge in [0.25, 0.3) is 0 Å². The van der Waals surface area contributed by atoms with E-state index in [1.807, 2.05) is 13.0 Å². The molecule has 0 aliphatic rings. The van der Waals surface area contributed by atoms with E-state index in [1.165, 1.54) is 25.7 Å². The largest absolute Gasteiger partial charge is 0.298 e. The van der Waals surface area contributed by atoms with Crippen LogP contribution in [-0.4, -0.2) is 6.29 Å². The van der Waals surface area contributed by atoms with Crippen molar-refractivity contribution in [2.75, 3.05) is 0 Å². The summed E-state index contributed by atoms with van der Waals surface area (Å²) in [6.07, 6.45) is 8.88. The van der Waals surface area contributed by atoms with Crippen LogP contribution >= 0.6 is 0 Å². The second-order valence-corrected chi connectivity index (χ2v) is 3.60. The van der Waals surface area contributed by atoms with Gasteiger partial charge in [0.1, 0.15) is 6.29 Å². The van der Waals surface area contributed by atoms with Gasteiger partial charge in [-0.2, -0.15) is 0 Å². The Morgan fingerprint density at radius 2 is 2.08 bits per heavy atom. The normalized spacial score (nSPS) is 14.2. The Bertz CT molecular complexity index is 159. The molecule has 0 rings (SSSR count). The van der Waals surface area contributed by atoms with Crippen molar-refractivity contribution < 1.29 is 4.79 Å². The molecule has 13 heavy (non-hydrogen) atoms. The topological polar surface area (TPSA) is 17.1 Å². The summed E-state index contributed by atoms with van der Waals surface area (Å²) in [4.78, 5) is 10.6. The van der Waals surface area contributed by atoms with E-state index >= 15 is 0 Å². The quantitative estimate of drug-likeness (QED) is 0.433. The SMILES string of the molecule is C/C=C(/C=O)CC(CC)CCCC. The van der Waals surface area contributed by atoms with Crippen LogP contribution in [0.15, 0.2) is 11.6 Å². The smallest absolute Gasteiger partial charge is 0.145 e. The minimum absolute atomic E-state index is 0.705. The van der Waals surface area contributed by atoms with Crippen molar-refractivity contribution in [3.05, 3.63) is 11.6 Å². The highest BCUT2D eigenvalue weighted by Crippen LogP contribution is 2.20. The molecule has 0 spiro atoms. The van der Waals surface area contributed by atoms with E-state index in [2.05, 4.69) is 13.8 Å². The first-order valence-electron chi connectivity index (χ1n) is 5.38. The number of allylic oxidation sites excluding steroid dienone is 2. The van der Waals surface area contributed by atoms with Crippen LogP contribution in [0.5, 0.6) is 0 Å². The molecule has 1 unspecified atom stereocenters. The maximum Gasteiger partial charge on any atom is 0.145 e. The van der Waals surface area contributed by atoms with Crippen LogP contribution in [0.4, 0.5) is 0 Å². The van der Waals surface area contributed by atoms with E-state index in [1.54, 1.807) is 0 Å². The Balaban J connectivity index is 3.88. The van der Waals surface area contributed by atoms with Crippen molar-refractivity contribution in [1.29, 1.82) is 0 Å². The summed E-state index contributed by atoms with van der Waals surface area (Å²) >= 11 is 0. The van der Waals surface area contributed by atoms with E-state index in [9.17, 15) is 4.79 Å². The Labute approximate surface area is 82.2 Å². The van der Waals surface area contributed by atoms with Gasteiger partial charge in [-0.05, 0) is 24.8 Å². The predicted octanol–water partition coefficient (Wildman–Crippen LogP) is 3.74. The lowest BCUT2D eigenvalue weighted by molar-refractivity contribution is -0.105. The third kappa shape index (κ3) is 5.62. The van der Waals surface area contributed by atoms with Gasteiger partial charge in [-0.15, -0.1) is 0 Å². The van der Waals surface area contributed by atoms with E-state index in [0.29, 0.717) is 5.92 Å². The molecule has 0 aliphatic carbocycles. The Morgan fingerprint density at radius 1 is 1.38 bits per heavy atom. The molecule has 0 aromatic carbocycles. The van der Waals surface area contributed by atoms with Crippen LogP contribution < -0.4 is 0 Å². The van der Waals surface area contributed by atoms with Crippen molar-refractivity contribution >= 4 is 6.29 Å². The molecule has 0 aliphatic heterocycles. The highest BCUT2D eigenvalue weighted by molar-refractivity contribution is 5.72. The Kier molecular flexibility index (Phi) is 7.66. The minimum atomic E-state index is 0.705. The zero-order valence-corrected chi connectivity index (χ0v) is 9.18. The lowest BCUT2D eigenvalue weighted by Crippen LogP contribution is -2.01. The van der Waals surface area contributed by atoms with E-state index in [4.69, 9.17) is 0 Å². The van der Waals surface area contributed by atoms with Gasteiger partial charge in [-0.3, -0.25) is 4.79 Å². The summed E-state index contributed by atoms with van der Waals surface area (Å²) in [5.74, 6) is 0.705. The van der Waals surface area contributed by atoms with Gasteiger partial charge in [-0.25, -0.2) is 0 Å². The fraction of sp³-hybridized carbons (Fsp3) is 0.750. The summed E-state index contributed by atoms with van der Waals surface area (Å²) < 4.78 is 0. The van der Waals surface area contributed by atoms with Gasteiger partial charge < -0.3 is 0 Å². The Morgan fingerprint density at radius 3 is 2.46 bits per heavy atom. The third-order valence-electron chi connectivity index (χ3n) is 2.59. The third-order valence-corrected chi connectivity index (χ3v) is 2.59. The van der Waals surface area contributed by atoms with Gasteiger partial charge in [-0.1, -0.05) is 45.6 Å². The molecule has 0 fully saturated rings. The zero-order chi connectivity index (χ0) is 10.1. The fourth-order valence-corrected chi connectivity index (χ4v) is 1.51. The molecule has 0 radical (unpaired) electrons. The van der Waals surface area contributed by atoms with Crippen molar-refractivity contribution in [3.8, 4) is 0 Å². The lowest BCUT2D eigenvalue weighted by atomic mass is 9.92. The molecule has 76 valence electrons. The molecule has 0 amide bonds. The lowest BCUT2D eigenvalue weighted by Gasteiger charge is -2.13. The van der Waals surface area contributed by atoms with Crippen LogP contribution in [-0.2, 0) is 4.79 Å². The molecule has 0 N–H and O–H groups in total.